The minimum atomic E-state index is -1.08. The van der Waals surface area contributed by atoms with Crippen molar-refractivity contribution in [3.05, 3.63) is 23.1 Å². The summed E-state index contributed by atoms with van der Waals surface area (Å²) >= 11 is 0. The van der Waals surface area contributed by atoms with Gasteiger partial charge in [-0.05, 0) is 12.3 Å². The topological polar surface area (TPSA) is 107 Å². The Balaban J connectivity index is 2.26. The number of carboxylic acid groups (broad SMARTS) is 1. The lowest BCUT2D eigenvalue weighted by Gasteiger charge is -2.07. The van der Waals surface area contributed by atoms with E-state index in [2.05, 4.69) is 20.5 Å². The standard InChI is InChI=1S/C12H17N5O3/c1-4-5-9-13-8(15-20-9)6-17-11(7(2)3)10(12(18)19)14-16-17/h7H,4-6H2,1-3H3,(H,18,19). The molecular weight excluding hydrogens is 262 g/mol. The van der Waals surface area contributed by atoms with E-state index in [1.165, 1.54) is 4.68 Å². The highest BCUT2D eigenvalue weighted by molar-refractivity contribution is 5.86. The third kappa shape index (κ3) is 2.84. The second-order valence-electron chi connectivity index (χ2n) is 4.80. The van der Waals surface area contributed by atoms with Crippen molar-refractivity contribution in [2.75, 3.05) is 0 Å². The largest absolute Gasteiger partial charge is 0.476 e. The molecule has 0 fully saturated rings. The zero-order valence-electron chi connectivity index (χ0n) is 11.7. The normalized spacial score (nSPS) is 11.2. The van der Waals surface area contributed by atoms with E-state index >= 15 is 0 Å². The maximum absolute atomic E-state index is 11.1. The van der Waals surface area contributed by atoms with Gasteiger partial charge in [-0.3, -0.25) is 0 Å². The van der Waals surface area contributed by atoms with Crippen molar-refractivity contribution in [1.82, 2.24) is 25.1 Å². The van der Waals surface area contributed by atoms with Gasteiger partial charge >= 0.3 is 5.97 Å². The summed E-state index contributed by atoms with van der Waals surface area (Å²) in [6.45, 7) is 6.05. The number of carbonyl (C=O) groups is 1. The molecule has 2 heterocycles. The number of aromatic nitrogens is 5. The Hall–Kier alpha value is -2.25. The van der Waals surface area contributed by atoms with Gasteiger partial charge in [0.05, 0.1) is 5.69 Å². The van der Waals surface area contributed by atoms with Crippen molar-refractivity contribution in [2.45, 2.75) is 46.1 Å². The lowest BCUT2D eigenvalue weighted by molar-refractivity contribution is 0.0688. The molecule has 20 heavy (non-hydrogen) atoms. The molecule has 0 spiro atoms. The van der Waals surface area contributed by atoms with Crippen LogP contribution in [0.3, 0.4) is 0 Å². The molecule has 0 aliphatic carbocycles. The van der Waals surface area contributed by atoms with Gasteiger partial charge in [-0.2, -0.15) is 4.98 Å². The van der Waals surface area contributed by atoms with Gasteiger partial charge in [-0.15, -0.1) is 5.10 Å². The fourth-order valence-corrected chi connectivity index (χ4v) is 1.96. The smallest absolute Gasteiger partial charge is 0.358 e. The van der Waals surface area contributed by atoms with Gasteiger partial charge in [0.1, 0.15) is 6.54 Å². The molecule has 0 amide bonds. The lowest BCUT2D eigenvalue weighted by atomic mass is 10.1. The van der Waals surface area contributed by atoms with Crippen LogP contribution in [0.15, 0.2) is 4.52 Å². The molecule has 0 aliphatic rings. The van der Waals surface area contributed by atoms with Gasteiger partial charge in [0.2, 0.25) is 5.89 Å². The molecule has 0 saturated heterocycles. The van der Waals surface area contributed by atoms with Crippen molar-refractivity contribution in [3.8, 4) is 0 Å². The molecule has 2 aromatic heterocycles. The molecule has 0 atom stereocenters. The molecule has 2 aromatic rings. The minimum Gasteiger partial charge on any atom is -0.476 e. The molecule has 1 N–H and O–H groups in total. The Labute approximate surface area is 115 Å². The first kappa shape index (κ1) is 14.2. The van der Waals surface area contributed by atoms with Crippen LogP contribution < -0.4 is 0 Å². The van der Waals surface area contributed by atoms with E-state index in [-0.39, 0.29) is 18.2 Å². The van der Waals surface area contributed by atoms with Crippen molar-refractivity contribution >= 4 is 5.97 Å². The summed E-state index contributed by atoms with van der Waals surface area (Å²) in [7, 11) is 0. The molecule has 0 aliphatic heterocycles. The molecule has 0 aromatic carbocycles. The number of aryl methyl sites for hydroxylation is 1. The summed E-state index contributed by atoms with van der Waals surface area (Å²) in [5.74, 6) is -0.0535. The quantitative estimate of drug-likeness (QED) is 0.853. The van der Waals surface area contributed by atoms with Crippen LogP contribution in [0.1, 0.15) is 61.0 Å². The summed E-state index contributed by atoms with van der Waals surface area (Å²) in [5.41, 5.74) is 0.525. The van der Waals surface area contributed by atoms with Gasteiger partial charge in [0.25, 0.3) is 0 Å². The Kier molecular flexibility index (Phi) is 4.11. The molecule has 8 heteroatoms. The van der Waals surface area contributed by atoms with Gasteiger partial charge in [0.15, 0.2) is 11.5 Å². The summed E-state index contributed by atoms with van der Waals surface area (Å²) in [6, 6.07) is 0. The zero-order valence-corrected chi connectivity index (χ0v) is 11.7. The fourth-order valence-electron chi connectivity index (χ4n) is 1.96. The number of hydrogen-bond donors (Lipinski definition) is 1. The number of rotatable bonds is 6. The monoisotopic (exact) mass is 279 g/mol. The fraction of sp³-hybridized carbons (Fsp3) is 0.583. The molecule has 2 rings (SSSR count). The maximum Gasteiger partial charge on any atom is 0.358 e. The molecule has 108 valence electrons. The predicted molar refractivity (Wildman–Crippen MR) is 68.5 cm³/mol. The lowest BCUT2D eigenvalue weighted by Crippen LogP contribution is -2.11. The predicted octanol–water partition coefficient (Wildman–Crippen LogP) is 1.48. The Morgan fingerprint density at radius 1 is 1.45 bits per heavy atom. The summed E-state index contributed by atoms with van der Waals surface area (Å²) < 4.78 is 6.60. The van der Waals surface area contributed by atoms with Crippen LogP contribution in [0.5, 0.6) is 0 Å². The van der Waals surface area contributed by atoms with Crippen LogP contribution in [0.2, 0.25) is 0 Å². The van der Waals surface area contributed by atoms with E-state index in [1.807, 2.05) is 20.8 Å². The van der Waals surface area contributed by atoms with Crippen molar-refractivity contribution in [1.29, 1.82) is 0 Å². The van der Waals surface area contributed by atoms with Crippen LogP contribution in [0, 0.1) is 0 Å². The van der Waals surface area contributed by atoms with E-state index < -0.39 is 5.97 Å². The van der Waals surface area contributed by atoms with Gasteiger partial charge in [-0.1, -0.05) is 31.1 Å². The Bertz CT molecular complexity index is 602. The molecule has 0 radical (unpaired) electrons. The van der Waals surface area contributed by atoms with E-state index in [9.17, 15) is 4.79 Å². The van der Waals surface area contributed by atoms with Crippen LogP contribution in [-0.4, -0.2) is 36.2 Å². The van der Waals surface area contributed by atoms with Crippen LogP contribution >= 0.6 is 0 Å². The molecule has 0 bridgehead atoms. The average molecular weight is 279 g/mol. The van der Waals surface area contributed by atoms with Gasteiger partial charge in [-0.25, -0.2) is 9.48 Å². The zero-order chi connectivity index (χ0) is 14.7. The van der Waals surface area contributed by atoms with E-state index in [0.29, 0.717) is 17.4 Å². The number of carboxylic acids is 1. The van der Waals surface area contributed by atoms with Crippen molar-refractivity contribution in [3.63, 3.8) is 0 Å². The van der Waals surface area contributed by atoms with E-state index in [1.54, 1.807) is 0 Å². The van der Waals surface area contributed by atoms with Gasteiger partial charge in [0, 0.05) is 6.42 Å². The molecule has 8 nitrogen and oxygen atoms in total. The first-order valence-corrected chi connectivity index (χ1v) is 6.51. The Morgan fingerprint density at radius 2 is 2.20 bits per heavy atom. The summed E-state index contributed by atoms with van der Waals surface area (Å²) in [5, 5.41) is 20.5. The van der Waals surface area contributed by atoms with Crippen LogP contribution in [0.4, 0.5) is 0 Å². The van der Waals surface area contributed by atoms with E-state index in [4.69, 9.17) is 9.63 Å². The second kappa shape index (κ2) is 5.81. The highest BCUT2D eigenvalue weighted by Crippen LogP contribution is 2.18. The van der Waals surface area contributed by atoms with Crippen LogP contribution in [0.25, 0.3) is 0 Å². The number of aromatic carboxylic acids is 1. The number of nitrogens with zero attached hydrogens (tertiary/aromatic N) is 5. The highest BCUT2D eigenvalue weighted by Gasteiger charge is 2.22. The van der Waals surface area contributed by atoms with Gasteiger partial charge < -0.3 is 9.63 Å². The molecule has 0 unspecified atom stereocenters. The third-order valence-electron chi connectivity index (χ3n) is 2.79. The average Bonchev–Trinajstić information content (AvgIpc) is 2.97. The van der Waals surface area contributed by atoms with E-state index in [0.717, 1.165) is 12.8 Å². The second-order valence-corrected chi connectivity index (χ2v) is 4.80. The summed E-state index contributed by atoms with van der Waals surface area (Å²) in [6.07, 6.45) is 1.65. The van der Waals surface area contributed by atoms with Crippen molar-refractivity contribution in [2.24, 2.45) is 0 Å². The maximum atomic E-state index is 11.1. The van der Waals surface area contributed by atoms with Crippen molar-refractivity contribution < 1.29 is 14.4 Å². The SMILES string of the molecule is CCCc1nc(Cn2nnc(C(=O)O)c2C(C)C)no1. The molecule has 0 saturated carbocycles. The first-order chi connectivity index (χ1) is 9.52. The van der Waals surface area contributed by atoms with Crippen LogP contribution in [-0.2, 0) is 13.0 Å². The minimum absolute atomic E-state index is 0.0156. The third-order valence-corrected chi connectivity index (χ3v) is 2.79. The Morgan fingerprint density at radius 3 is 2.80 bits per heavy atom. The highest BCUT2D eigenvalue weighted by atomic mass is 16.5. The molecular formula is C12H17N5O3. The number of hydrogen-bond acceptors (Lipinski definition) is 6. The first-order valence-electron chi connectivity index (χ1n) is 6.51. The summed E-state index contributed by atoms with van der Waals surface area (Å²) in [4.78, 5) is 15.4.